The molecule has 2 rings (SSSR count). The molecule has 1 aromatic carbocycles. The van der Waals surface area contributed by atoms with E-state index in [0.29, 0.717) is 16.4 Å². The van der Waals surface area contributed by atoms with E-state index in [9.17, 15) is 4.79 Å². The first-order valence-corrected chi connectivity index (χ1v) is 5.49. The Labute approximate surface area is 107 Å². The molecule has 0 bridgehead atoms. The van der Waals surface area contributed by atoms with Gasteiger partial charge in [0.05, 0.1) is 27.0 Å². The molecule has 88 valence electrons. The van der Waals surface area contributed by atoms with E-state index < -0.39 is 5.97 Å². The molecule has 0 saturated heterocycles. The summed E-state index contributed by atoms with van der Waals surface area (Å²) in [7, 11) is 0. The maximum Gasteiger partial charge on any atom is 0.337 e. The molecule has 0 amide bonds. The van der Waals surface area contributed by atoms with E-state index >= 15 is 0 Å². The average molecular weight is 271 g/mol. The predicted octanol–water partition coefficient (Wildman–Crippen LogP) is 3.19. The Bertz CT molecular complexity index is 574. The molecule has 0 radical (unpaired) electrons. The van der Waals surface area contributed by atoms with Crippen molar-refractivity contribution >= 4 is 29.2 Å². The van der Waals surface area contributed by atoms with Crippen LogP contribution in [-0.4, -0.2) is 20.9 Å². The largest absolute Gasteiger partial charge is 0.478 e. The topological polar surface area (TPSA) is 55.1 Å². The third-order valence-electron chi connectivity index (χ3n) is 2.29. The fourth-order valence-electron chi connectivity index (χ4n) is 1.39. The molecule has 0 aliphatic rings. The number of carbonyl (C=O) groups is 1. The van der Waals surface area contributed by atoms with Crippen LogP contribution < -0.4 is 0 Å². The maximum atomic E-state index is 10.8. The Kier molecular flexibility index (Phi) is 3.09. The van der Waals surface area contributed by atoms with Crippen LogP contribution in [0.3, 0.4) is 0 Å². The summed E-state index contributed by atoms with van der Waals surface area (Å²) in [6.07, 6.45) is 1.64. The molecule has 0 saturated carbocycles. The van der Waals surface area contributed by atoms with Gasteiger partial charge in [0.1, 0.15) is 0 Å². The van der Waals surface area contributed by atoms with Crippen molar-refractivity contribution in [2.75, 3.05) is 0 Å². The number of hydrogen-bond donors (Lipinski definition) is 1. The molecule has 0 fully saturated rings. The SMILES string of the molecule is Cc1nn(-c2ccc(C(=O)O)c(Cl)c2)cc1Cl. The first-order valence-electron chi connectivity index (χ1n) is 4.74. The van der Waals surface area contributed by atoms with Gasteiger partial charge < -0.3 is 5.11 Å². The van der Waals surface area contributed by atoms with Gasteiger partial charge in [-0.2, -0.15) is 5.10 Å². The predicted molar refractivity (Wildman–Crippen MR) is 65.3 cm³/mol. The van der Waals surface area contributed by atoms with E-state index in [4.69, 9.17) is 28.3 Å². The summed E-state index contributed by atoms with van der Waals surface area (Å²) in [4.78, 5) is 10.8. The van der Waals surface area contributed by atoms with Crippen LogP contribution in [0.4, 0.5) is 0 Å². The molecular weight excluding hydrogens is 263 g/mol. The summed E-state index contributed by atoms with van der Waals surface area (Å²) in [6.45, 7) is 1.78. The molecular formula is C11H8Cl2N2O2. The molecule has 0 aliphatic heterocycles. The third-order valence-corrected chi connectivity index (χ3v) is 2.97. The van der Waals surface area contributed by atoms with Gasteiger partial charge in [-0.05, 0) is 25.1 Å². The number of aryl methyl sites for hydroxylation is 1. The molecule has 17 heavy (non-hydrogen) atoms. The average Bonchev–Trinajstić information content (AvgIpc) is 2.58. The van der Waals surface area contributed by atoms with Crippen LogP contribution in [0.1, 0.15) is 16.1 Å². The van der Waals surface area contributed by atoms with E-state index in [2.05, 4.69) is 5.10 Å². The highest BCUT2D eigenvalue weighted by atomic mass is 35.5. The molecule has 1 N–H and O–H groups in total. The molecule has 0 spiro atoms. The smallest absolute Gasteiger partial charge is 0.337 e. The van der Waals surface area contributed by atoms with Crippen molar-refractivity contribution in [3.63, 3.8) is 0 Å². The molecule has 0 atom stereocenters. The molecule has 1 heterocycles. The quantitative estimate of drug-likeness (QED) is 0.912. The molecule has 6 heteroatoms. The van der Waals surface area contributed by atoms with Crippen LogP contribution in [0.15, 0.2) is 24.4 Å². The number of aromatic carboxylic acids is 1. The van der Waals surface area contributed by atoms with Crippen LogP contribution in [0.5, 0.6) is 0 Å². The first kappa shape index (κ1) is 12.0. The minimum Gasteiger partial charge on any atom is -0.478 e. The van der Waals surface area contributed by atoms with Crippen molar-refractivity contribution < 1.29 is 9.90 Å². The van der Waals surface area contributed by atoms with Gasteiger partial charge in [-0.3, -0.25) is 0 Å². The summed E-state index contributed by atoms with van der Waals surface area (Å²) in [5, 5.41) is 13.7. The van der Waals surface area contributed by atoms with Gasteiger partial charge in [0, 0.05) is 6.20 Å². The zero-order valence-corrected chi connectivity index (χ0v) is 10.3. The number of carboxylic acid groups (broad SMARTS) is 1. The van der Waals surface area contributed by atoms with Crippen molar-refractivity contribution in [1.29, 1.82) is 0 Å². The lowest BCUT2D eigenvalue weighted by Crippen LogP contribution is -2.00. The Morgan fingerprint density at radius 2 is 2.06 bits per heavy atom. The fourth-order valence-corrected chi connectivity index (χ4v) is 1.78. The normalized spacial score (nSPS) is 10.5. The van der Waals surface area contributed by atoms with Crippen molar-refractivity contribution in [3.8, 4) is 5.69 Å². The van der Waals surface area contributed by atoms with Gasteiger partial charge in [-0.25, -0.2) is 9.48 Å². The molecule has 4 nitrogen and oxygen atoms in total. The highest BCUT2D eigenvalue weighted by Crippen LogP contribution is 2.22. The van der Waals surface area contributed by atoms with Crippen molar-refractivity contribution in [2.24, 2.45) is 0 Å². The Morgan fingerprint density at radius 1 is 1.35 bits per heavy atom. The monoisotopic (exact) mass is 270 g/mol. The summed E-state index contributed by atoms with van der Waals surface area (Å²) in [5.41, 5.74) is 1.42. The van der Waals surface area contributed by atoms with Crippen LogP contribution in [0.25, 0.3) is 5.69 Å². The highest BCUT2D eigenvalue weighted by molar-refractivity contribution is 6.33. The molecule has 0 aliphatic carbocycles. The number of aromatic nitrogens is 2. The number of halogens is 2. The van der Waals surface area contributed by atoms with Gasteiger partial charge >= 0.3 is 5.97 Å². The van der Waals surface area contributed by atoms with Gasteiger partial charge in [-0.1, -0.05) is 23.2 Å². The lowest BCUT2D eigenvalue weighted by atomic mass is 10.2. The van der Waals surface area contributed by atoms with Gasteiger partial charge in [0.2, 0.25) is 0 Å². The molecule has 0 unspecified atom stereocenters. The molecule has 2 aromatic rings. The number of benzene rings is 1. The van der Waals surface area contributed by atoms with Crippen LogP contribution in [0.2, 0.25) is 10.0 Å². The lowest BCUT2D eigenvalue weighted by molar-refractivity contribution is 0.0697. The maximum absolute atomic E-state index is 10.8. The lowest BCUT2D eigenvalue weighted by Gasteiger charge is -2.03. The number of rotatable bonds is 2. The van der Waals surface area contributed by atoms with Crippen LogP contribution in [-0.2, 0) is 0 Å². The number of nitrogens with zero attached hydrogens (tertiary/aromatic N) is 2. The van der Waals surface area contributed by atoms with Gasteiger partial charge in [-0.15, -0.1) is 0 Å². The zero-order valence-electron chi connectivity index (χ0n) is 8.82. The molecule has 1 aromatic heterocycles. The summed E-state index contributed by atoms with van der Waals surface area (Å²) >= 11 is 11.8. The van der Waals surface area contributed by atoms with Gasteiger partial charge in [0.15, 0.2) is 0 Å². The standard InChI is InChI=1S/C11H8Cl2N2O2/c1-6-10(13)5-15(14-6)7-2-3-8(11(16)17)9(12)4-7/h2-5H,1H3,(H,16,17). The summed E-state index contributed by atoms with van der Waals surface area (Å²) < 4.78 is 1.55. The van der Waals surface area contributed by atoms with E-state index in [1.165, 1.54) is 12.1 Å². The second-order valence-electron chi connectivity index (χ2n) is 3.48. The van der Waals surface area contributed by atoms with Crippen LogP contribution >= 0.6 is 23.2 Å². The van der Waals surface area contributed by atoms with E-state index in [1.54, 1.807) is 23.9 Å². The van der Waals surface area contributed by atoms with Crippen LogP contribution in [0, 0.1) is 6.92 Å². The highest BCUT2D eigenvalue weighted by Gasteiger charge is 2.10. The second kappa shape index (κ2) is 4.39. The van der Waals surface area contributed by atoms with E-state index in [0.717, 1.165) is 0 Å². The van der Waals surface area contributed by atoms with Crippen molar-refractivity contribution in [3.05, 3.63) is 45.7 Å². The summed E-state index contributed by atoms with van der Waals surface area (Å²) in [6, 6.07) is 4.59. The Hall–Kier alpha value is -1.52. The van der Waals surface area contributed by atoms with Crippen molar-refractivity contribution in [2.45, 2.75) is 6.92 Å². The van der Waals surface area contributed by atoms with E-state index in [1.807, 2.05) is 0 Å². The first-order chi connectivity index (χ1) is 7.99. The minimum atomic E-state index is -1.06. The number of carboxylic acids is 1. The Morgan fingerprint density at radius 3 is 2.53 bits per heavy atom. The van der Waals surface area contributed by atoms with Crippen molar-refractivity contribution in [1.82, 2.24) is 9.78 Å². The number of hydrogen-bond acceptors (Lipinski definition) is 2. The fraction of sp³-hybridized carbons (Fsp3) is 0.0909. The summed E-state index contributed by atoms with van der Waals surface area (Å²) in [5.74, 6) is -1.06. The van der Waals surface area contributed by atoms with E-state index in [-0.39, 0.29) is 10.6 Å². The van der Waals surface area contributed by atoms with Gasteiger partial charge in [0.25, 0.3) is 0 Å². The second-order valence-corrected chi connectivity index (χ2v) is 4.29. The Balaban J connectivity index is 2.47. The minimum absolute atomic E-state index is 0.0605. The third kappa shape index (κ3) is 2.28. The zero-order chi connectivity index (χ0) is 12.6.